The molecule has 2 N–H and O–H groups in total. The van der Waals surface area contributed by atoms with E-state index in [1.54, 1.807) is 56.0 Å². The zero-order chi connectivity index (χ0) is 24.4. The molecule has 4 aromatic rings. The van der Waals surface area contributed by atoms with Gasteiger partial charge in [0.1, 0.15) is 11.3 Å². The zero-order valence-corrected chi connectivity index (χ0v) is 18.7. The second-order valence-corrected chi connectivity index (χ2v) is 8.90. The Labute approximate surface area is 193 Å². The minimum absolute atomic E-state index is 0.158. The first-order valence-corrected chi connectivity index (χ1v) is 10.6. The summed E-state index contributed by atoms with van der Waals surface area (Å²) in [6.07, 6.45) is -1.28. The summed E-state index contributed by atoms with van der Waals surface area (Å²) in [5.41, 5.74) is 7.66. The summed E-state index contributed by atoms with van der Waals surface area (Å²) in [7, 11) is 1.62. The second kappa shape index (κ2) is 7.42. The number of carbonyl (C=O) groups excluding carboxylic acids is 1. The van der Waals surface area contributed by atoms with Gasteiger partial charge in [-0.05, 0) is 55.3 Å². The minimum Gasteiger partial charge on any atom is -0.382 e. The van der Waals surface area contributed by atoms with Crippen LogP contribution >= 0.6 is 0 Å². The van der Waals surface area contributed by atoms with Gasteiger partial charge in [-0.1, -0.05) is 6.07 Å². The van der Waals surface area contributed by atoms with E-state index in [0.717, 1.165) is 12.1 Å². The second-order valence-electron chi connectivity index (χ2n) is 8.90. The summed E-state index contributed by atoms with van der Waals surface area (Å²) in [6.45, 7) is 3.61. The monoisotopic (exact) mass is 469 g/mol. The Morgan fingerprint density at radius 1 is 1.21 bits per heavy atom. The molecule has 0 fully saturated rings. The number of anilines is 1. The van der Waals surface area contributed by atoms with Gasteiger partial charge in [-0.15, -0.1) is 0 Å². The van der Waals surface area contributed by atoms with E-state index in [9.17, 15) is 18.0 Å². The number of likely N-dealkylation sites (N-methyl/N-ethyl adjacent to an activating group) is 1. The first kappa shape index (κ1) is 22.1. The van der Waals surface area contributed by atoms with Crippen molar-refractivity contribution in [1.29, 1.82) is 0 Å². The van der Waals surface area contributed by atoms with Gasteiger partial charge in [0.25, 0.3) is 5.91 Å². The molecule has 5 rings (SSSR count). The molecule has 3 heterocycles. The molecule has 1 atom stereocenters. The smallest absolute Gasteiger partial charge is 0.382 e. The zero-order valence-electron chi connectivity index (χ0n) is 18.7. The maximum Gasteiger partial charge on any atom is 0.416 e. The number of nitrogens with two attached hydrogens (primary N) is 1. The summed E-state index contributed by atoms with van der Waals surface area (Å²) in [5.74, 6) is 0.0316. The van der Waals surface area contributed by atoms with Crippen molar-refractivity contribution in [3.8, 4) is 0 Å². The molecule has 7 nitrogen and oxygen atoms in total. The highest BCUT2D eigenvalue weighted by Gasteiger charge is 2.39. The van der Waals surface area contributed by atoms with Crippen LogP contribution in [0.25, 0.3) is 16.6 Å². The molecule has 34 heavy (non-hydrogen) atoms. The molecule has 0 saturated carbocycles. The SMILES string of the molecule is CN(C(=O)c1ccc2nc(N)c3cncn3c2c1)C1COC(C)(C)c2cc(C(F)(F)F)ccc21. The molecule has 1 unspecified atom stereocenters. The molecule has 1 amide bonds. The highest BCUT2D eigenvalue weighted by molar-refractivity contribution is 5.98. The Morgan fingerprint density at radius 2 is 1.97 bits per heavy atom. The third-order valence-electron chi connectivity index (χ3n) is 6.40. The van der Waals surface area contributed by atoms with Crippen molar-refractivity contribution in [1.82, 2.24) is 19.3 Å². The van der Waals surface area contributed by atoms with Crippen molar-refractivity contribution in [2.45, 2.75) is 31.7 Å². The number of hydrogen-bond acceptors (Lipinski definition) is 5. The number of nitrogen functional groups attached to an aromatic ring is 1. The number of benzene rings is 2. The first-order valence-electron chi connectivity index (χ1n) is 10.6. The minimum atomic E-state index is -4.47. The molecule has 0 radical (unpaired) electrons. The van der Waals surface area contributed by atoms with Gasteiger partial charge in [-0.25, -0.2) is 9.97 Å². The molecule has 2 aromatic carbocycles. The lowest BCUT2D eigenvalue weighted by Crippen LogP contribution is -2.41. The Balaban J connectivity index is 1.54. The van der Waals surface area contributed by atoms with E-state index in [1.807, 2.05) is 0 Å². The maximum atomic E-state index is 13.4. The van der Waals surface area contributed by atoms with Gasteiger partial charge in [-0.3, -0.25) is 9.20 Å². The summed E-state index contributed by atoms with van der Waals surface area (Å²) >= 11 is 0. The number of rotatable bonds is 2. The number of halogens is 3. The van der Waals surface area contributed by atoms with Gasteiger partial charge >= 0.3 is 6.18 Å². The number of fused-ring (bicyclic) bond motifs is 4. The number of carbonyl (C=O) groups is 1. The molecular formula is C24H22F3N5O2. The van der Waals surface area contributed by atoms with E-state index in [4.69, 9.17) is 10.5 Å². The van der Waals surface area contributed by atoms with Gasteiger partial charge in [0.05, 0.1) is 47.4 Å². The summed E-state index contributed by atoms with van der Waals surface area (Å²) in [6, 6.07) is 8.12. The Hall–Kier alpha value is -3.66. The van der Waals surface area contributed by atoms with Crippen LogP contribution in [0.1, 0.15) is 46.9 Å². The van der Waals surface area contributed by atoms with Gasteiger partial charge in [0.2, 0.25) is 0 Å². The van der Waals surface area contributed by atoms with Crippen molar-refractivity contribution < 1.29 is 22.7 Å². The molecule has 2 aromatic heterocycles. The molecule has 0 saturated heterocycles. The first-order chi connectivity index (χ1) is 16.0. The number of amides is 1. The molecule has 1 aliphatic heterocycles. The van der Waals surface area contributed by atoms with Gasteiger partial charge in [0.15, 0.2) is 0 Å². The molecule has 1 aliphatic rings. The lowest BCUT2D eigenvalue weighted by atomic mass is 9.85. The van der Waals surface area contributed by atoms with Crippen LogP contribution in [-0.2, 0) is 16.5 Å². The average molecular weight is 469 g/mol. The standard InChI is InChI=1S/C24H22F3N5O2/c1-23(2)16-9-14(24(25,26)27)5-6-15(16)20(11-34-23)31(3)22(33)13-4-7-17-18(8-13)32-12-29-10-19(32)21(28)30-17/h4-10,12,20H,11H2,1-3H3,(H2,28,30). The summed E-state index contributed by atoms with van der Waals surface area (Å²) < 4.78 is 47.7. The summed E-state index contributed by atoms with van der Waals surface area (Å²) in [4.78, 5) is 23.4. The van der Waals surface area contributed by atoms with Crippen LogP contribution in [0.4, 0.5) is 19.0 Å². The molecule has 0 spiro atoms. The van der Waals surface area contributed by atoms with Gasteiger partial charge < -0.3 is 15.4 Å². The van der Waals surface area contributed by atoms with Crippen LogP contribution in [0, 0.1) is 0 Å². The Bertz CT molecular complexity index is 1440. The fourth-order valence-electron chi connectivity index (χ4n) is 4.47. The number of hydrogen-bond donors (Lipinski definition) is 1. The fraction of sp³-hybridized carbons (Fsp3) is 0.292. The third-order valence-corrected chi connectivity index (χ3v) is 6.40. The number of alkyl halides is 3. The van der Waals surface area contributed by atoms with Crippen molar-refractivity contribution in [2.75, 3.05) is 19.4 Å². The van der Waals surface area contributed by atoms with Crippen molar-refractivity contribution in [2.24, 2.45) is 0 Å². The van der Waals surface area contributed by atoms with Crippen LogP contribution in [0.3, 0.4) is 0 Å². The quantitative estimate of drug-likeness (QED) is 0.465. The van der Waals surface area contributed by atoms with Crippen LogP contribution in [-0.4, -0.2) is 38.8 Å². The molecule has 10 heteroatoms. The highest BCUT2D eigenvalue weighted by atomic mass is 19.4. The van der Waals surface area contributed by atoms with Crippen molar-refractivity contribution in [3.63, 3.8) is 0 Å². The maximum absolute atomic E-state index is 13.4. The predicted octanol–water partition coefficient (Wildman–Crippen LogP) is 4.56. The van der Waals surface area contributed by atoms with Gasteiger partial charge in [-0.2, -0.15) is 13.2 Å². The number of imidazole rings is 1. The lowest BCUT2D eigenvalue weighted by Gasteiger charge is -2.41. The Kier molecular flexibility index (Phi) is 4.84. The van der Waals surface area contributed by atoms with Gasteiger partial charge in [0, 0.05) is 12.6 Å². The van der Waals surface area contributed by atoms with E-state index in [0.29, 0.717) is 39.1 Å². The number of nitrogens with zero attached hydrogens (tertiary/aromatic N) is 4. The van der Waals surface area contributed by atoms with Crippen molar-refractivity contribution >= 4 is 28.3 Å². The number of ether oxygens (including phenoxy) is 1. The Morgan fingerprint density at radius 3 is 2.71 bits per heavy atom. The molecule has 0 aliphatic carbocycles. The third kappa shape index (κ3) is 3.45. The number of aromatic nitrogens is 3. The van der Waals surface area contributed by atoms with E-state index >= 15 is 0 Å². The molecular weight excluding hydrogens is 447 g/mol. The van der Waals surface area contributed by atoms with Crippen LogP contribution in [0.2, 0.25) is 0 Å². The van der Waals surface area contributed by atoms with E-state index in [2.05, 4.69) is 9.97 Å². The normalized spacial score (nSPS) is 17.6. The summed E-state index contributed by atoms with van der Waals surface area (Å²) in [5, 5.41) is 0. The van der Waals surface area contributed by atoms with Crippen LogP contribution < -0.4 is 5.73 Å². The van der Waals surface area contributed by atoms with E-state index < -0.39 is 23.4 Å². The average Bonchev–Trinajstić information content (AvgIpc) is 3.28. The molecule has 0 bridgehead atoms. The predicted molar refractivity (Wildman–Crippen MR) is 120 cm³/mol. The lowest BCUT2D eigenvalue weighted by molar-refractivity contribution is -0.138. The topological polar surface area (TPSA) is 85.8 Å². The van der Waals surface area contributed by atoms with E-state index in [1.165, 1.54) is 11.0 Å². The van der Waals surface area contributed by atoms with Crippen LogP contribution in [0.15, 0.2) is 48.9 Å². The molecule has 176 valence electrons. The highest BCUT2D eigenvalue weighted by Crippen LogP contribution is 2.42. The fourth-order valence-corrected chi connectivity index (χ4v) is 4.47. The largest absolute Gasteiger partial charge is 0.416 e. The van der Waals surface area contributed by atoms with E-state index in [-0.39, 0.29) is 12.5 Å². The van der Waals surface area contributed by atoms with Crippen molar-refractivity contribution in [3.05, 3.63) is 71.2 Å². The van der Waals surface area contributed by atoms with Crippen LogP contribution in [0.5, 0.6) is 0 Å².